The molecule has 1 fully saturated rings. The van der Waals surface area contributed by atoms with Gasteiger partial charge >= 0.3 is 0 Å². The minimum absolute atomic E-state index is 0.0679. The van der Waals surface area contributed by atoms with Crippen LogP contribution in [0.15, 0.2) is 36.4 Å². The van der Waals surface area contributed by atoms with Crippen LogP contribution in [0.4, 0.5) is 20.9 Å². The van der Waals surface area contributed by atoms with Crippen LogP contribution >= 0.6 is 11.3 Å². The molecule has 0 radical (unpaired) electrons. The number of fused-ring (bicyclic) bond motifs is 1. The third-order valence-corrected chi connectivity index (χ3v) is 6.74. The van der Waals surface area contributed by atoms with Gasteiger partial charge in [-0.1, -0.05) is 11.3 Å². The van der Waals surface area contributed by atoms with Crippen molar-refractivity contribution in [2.24, 2.45) is 0 Å². The van der Waals surface area contributed by atoms with Crippen molar-refractivity contribution in [1.82, 2.24) is 9.88 Å². The van der Waals surface area contributed by atoms with Crippen LogP contribution in [0, 0.1) is 15.9 Å². The van der Waals surface area contributed by atoms with Crippen molar-refractivity contribution in [3.05, 3.63) is 57.9 Å². The Morgan fingerprint density at radius 3 is 2.61 bits per heavy atom. The van der Waals surface area contributed by atoms with Gasteiger partial charge in [0.2, 0.25) is 0 Å². The molecule has 8 nitrogen and oxygen atoms in total. The lowest BCUT2D eigenvalue weighted by Crippen LogP contribution is -2.37. The van der Waals surface area contributed by atoms with Gasteiger partial charge in [0.15, 0.2) is 5.13 Å². The topological polar surface area (TPSA) is 82.8 Å². The Morgan fingerprint density at radius 2 is 1.91 bits per heavy atom. The van der Waals surface area contributed by atoms with Gasteiger partial charge in [0, 0.05) is 37.8 Å². The number of benzene rings is 2. The molecular weight excluding hydrogens is 445 g/mol. The molecule has 10 heteroatoms. The average Bonchev–Trinajstić information content (AvgIpc) is 3.21. The van der Waals surface area contributed by atoms with E-state index in [0.29, 0.717) is 34.1 Å². The van der Waals surface area contributed by atoms with Crippen LogP contribution in [0.5, 0.6) is 0 Å². The Kier molecular flexibility index (Phi) is 6.85. The SMILES string of the molecule is CN(C)CCN(C(=O)c1ccc(N2CCCCC2)c([N+](=O)[O-])c1)c1nc2ccc(F)cc2s1. The van der Waals surface area contributed by atoms with Crippen molar-refractivity contribution < 1.29 is 14.1 Å². The van der Waals surface area contributed by atoms with Crippen molar-refractivity contribution in [3.8, 4) is 0 Å². The lowest BCUT2D eigenvalue weighted by Gasteiger charge is -2.28. The molecule has 0 atom stereocenters. The first-order chi connectivity index (χ1) is 15.8. The normalized spacial score (nSPS) is 14.1. The summed E-state index contributed by atoms with van der Waals surface area (Å²) in [6.07, 6.45) is 3.11. The quantitative estimate of drug-likeness (QED) is 0.372. The number of carbonyl (C=O) groups is 1. The van der Waals surface area contributed by atoms with Crippen molar-refractivity contribution >= 4 is 44.0 Å². The third kappa shape index (κ3) is 5.12. The minimum atomic E-state index is -0.425. The van der Waals surface area contributed by atoms with E-state index in [1.165, 1.54) is 34.4 Å². The third-order valence-electron chi connectivity index (χ3n) is 5.70. The van der Waals surface area contributed by atoms with E-state index >= 15 is 0 Å². The molecule has 1 saturated heterocycles. The highest BCUT2D eigenvalue weighted by atomic mass is 32.1. The average molecular weight is 472 g/mol. The van der Waals surface area contributed by atoms with Gasteiger partial charge in [-0.2, -0.15) is 0 Å². The molecule has 0 bridgehead atoms. The van der Waals surface area contributed by atoms with Crippen molar-refractivity contribution in [1.29, 1.82) is 0 Å². The fourth-order valence-electron chi connectivity index (χ4n) is 3.95. The summed E-state index contributed by atoms with van der Waals surface area (Å²) in [5, 5.41) is 12.3. The van der Waals surface area contributed by atoms with Gasteiger partial charge in [0.05, 0.1) is 15.1 Å². The van der Waals surface area contributed by atoms with Crippen molar-refractivity contribution in [3.63, 3.8) is 0 Å². The summed E-state index contributed by atoms with van der Waals surface area (Å²) in [6.45, 7) is 2.45. The Labute approximate surface area is 195 Å². The van der Waals surface area contributed by atoms with E-state index in [2.05, 4.69) is 4.98 Å². The number of nitrogens with zero attached hydrogens (tertiary/aromatic N) is 5. The summed E-state index contributed by atoms with van der Waals surface area (Å²) in [5.41, 5.74) is 1.31. The second-order valence-electron chi connectivity index (χ2n) is 8.38. The summed E-state index contributed by atoms with van der Waals surface area (Å²) >= 11 is 1.22. The first-order valence-electron chi connectivity index (χ1n) is 10.9. The van der Waals surface area contributed by atoms with Gasteiger partial charge < -0.3 is 9.80 Å². The fourth-order valence-corrected chi connectivity index (χ4v) is 4.96. The lowest BCUT2D eigenvalue weighted by molar-refractivity contribution is -0.384. The standard InChI is InChI=1S/C23H26FN5O3S/c1-26(2)12-13-28(23-25-18-8-7-17(24)15-21(18)33-23)22(30)16-6-9-19(20(14-16)29(31)32)27-10-4-3-5-11-27/h6-9,14-15H,3-5,10-13H2,1-2H3. The highest BCUT2D eigenvalue weighted by Crippen LogP contribution is 2.34. The molecule has 0 spiro atoms. The van der Waals surface area contributed by atoms with E-state index in [0.717, 1.165) is 32.4 Å². The largest absolute Gasteiger partial charge is 0.366 e. The van der Waals surface area contributed by atoms with Crippen LogP contribution in [0.25, 0.3) is 10.2 Å². The molecule has 1 amide bonds. The molecule has 0 aliphatic carbocycles. The Bertz CT molecular complexity index is 1180. The van der Waals surface area contributed by atoms with Gasteiger partial charge in [-0.3, -0.25) is 19.8 Å². The number of carbonyl (C=O) groups excluding carboxylic acids is 1. The van der Waals surface area contributed by atoms with E-state index < -0.39 is 4.92 Å². The molecule has 3 aromatic rings. The summed E-state index contributed by atoms with van der Waals surface area (Å²) < 4.78 is 14.3. The van der Waals surface area contributed by atoms with Crippen LogP contribution < -0.4 is 9.80 Å². The van der Waals surface area contributed by atoms with Gasteiger partial charge in [0.25, 0.3) is 11.6 Å². The molecule has 33 heavy (non-hydrogen) atoms. The van der Waals surface area contributed by atoms with E-state index in [-0.39, 0.29) is 23.0 Å². The zero-order valence-electron chi connectivity index (χ0n) is 18.7. The summed E-state index contributed by atoms with van der Waals surface area (Å²) in [4.78, 5) is 34.9. The molecule has 2 heterocycles. The summed E-state index contributed by atoms with van der Waals surface area (Å²) in [6, 6.07) is 8.99. The Morgan fingerprint density at radius 1 is 1.15 bits per heavy atom. The van der Waals surface area contributed by atoms with Crippen LogP contribution in [-0.2, 0) is 0 Å². The number of likely N-dealkylation sites (N-methyl/N-ethyl adjacent to an activating group) is 1. The second kappa shape index (κ2) is 9.80. The number of hydrogen-bond donors (Lipinski definition) is 0. The first-order valence-corrected chi connectivity index (χ1v) is 11.7. The fraction of sp³-hybridized carbons (Fsp3) is 0.391. The van der Waals surface area contributed by atoms with Gasteiger partial charge in [-0.15, -0.1) is 0 Å². The number of nitro benzene ring substituents is 1. The molecular formula is C23H26FN5O3S. The van der Waals surface area contributed by atoms with Crippen LogP contribution in [-0.4, -0.2) is 61.0 Å². The number of piperidine rings is 1. The monoisotopic (exact) mass is 471 g/mol. The van der Waals surface area contributed by atoms with Crippen molar-refractivity contribution in [2.75, 3.05) is 50.1 Å². The van der Waals surface area contributed by atoms with Gasteiger partial charge in [-0.25, -0.2) is 9.37 Å². The summed E-state index contributed by atoms with van der Waals surface area (Å²) in [7, 11) is 3.79. The van der Waals surface area contributed by atoms with E-state index in [1.807, 2.05) is 23.9 Å². The predicted molar refractivity (Wildman–Crippen MR) is 129 cm³/mol. The Hall–Kier alpha value is -3.11. The molecule has 0 saturated carbocycles. The van der Waals surface area contributed by atoms with Crippen LogP contribution in [0.3, 0.4) is 0 Å². The van der Waals surface area contributed by atoms with Crippen LogP contribution in [0.1, 0.15) is 29.6 Å². The lowest BCUT2D eigenvalue weighted by atomic mass is 10.1. The maximum absolute atomic E-state index is 13.7. The number of rotatable bonds is 7. The highest BCUT2D eigenvalue weighted by molar-refractivity contribution is 7.22. The number of halogens is 1. The first kappa shape index (κ1) is 23.1. The molecule has 1 aliphatic heterocycles. The maximum Gasteiger partial charge on any atom is 0.293 e. The molecule has 1 aliphatic rings. The van der Waals surface area contributed by atoms with Crippen LogP contribution in [0.2, 0.25) is 0 Å². The zero-order chi connectivity index (χ0) is 23.5. The zero-order valence-corrected chi connectivity index (χ0v) is 19.5. The summed E-state index contributed by atoms with van der Waals surface area (Å²) in [5.74, 6) is -0.738. The second-order valence-corrected chi connectivity index (χ2v) is 9.39. The molecule has 174 valence electrons. The minimum Gasteiger partial charge on any atom is -0.366 e. The maximum atomic E-state index is 13.7. The van der Waals surface area contributed by atoms with Gasteiger partial charge in [-0.05, 0) is 63.7 Å². The predicted octanol–water partition coefficient (Wildman–Crippen LogP) is 4.54. The van der Waals surface area contributed by atoms with E-state index in [4.69, 9.17) is 0 Å². The number of hydrogen-bond acceptors (Lipinski definition) is 7. The molecule has 0 N–H and O–H groups in total. The van der Waals surface area contributed by atoms with E-state index in [9.17, 15) is 19.3 Å². The molecule has 0 unspecified atom stereocenters. The van der Waals surface area contributed by atoms with E-state index in [1.54, 1.807) is 18.2 Å². The molecule has 1 aromatic heterocycles. The number of thiazole rings is 1. The smallest absolute Gasteiger partial charge is 0.293 e. The number of amides is 1. The highest BCUT2D eigenvalue weighted by Gasteiger charge is 2.27. The van der Waals surface area contributed by atoms with Crippen molar-refractivity contribution in [2.45, 2.75) is 19.3 Å². The molecule has 4 rings (SSSR count). The van der Waals surface area contributed by atoms with Gasteiger partial charge in [0.1, 0.15) is 11.5 Å². The number of nitro groups is 1. The number of aromatic nitrogens is 1. The number of anilines is 2. The molecule has 2 aromatic carbocycles. The Balaban J connectivity index is 1.70.